The standard InChI is InChI=1S/C12H18N2O3/c1-3-4-5-7-13-12(17)14-8-6-9(2)10(14)11(15)16/h9-10H,5-8H2,1-2H3,(H,13,17)(H,15,16). The van der Waals surface area contributed by atoms with Gasteiger partial charge in [-0.05, 0) is 19.3 Å². The summed E-state index contributed by atoms with van der Waals surface area (Å²) in [4.78, 5) is 24.2. The molecule has 1 rings (SSSR count). The maximum Gasteiger partial charge on any atom is 0.326 e. The van der Waals surface area contributed by atoms with E-state index >= 15 is 0 Å². The van der Waals surface area contributed by atoms with E-state index in [0.29, 0.717) is 19.5 Å². The Hall–Kier alpha value is -1.70. The largest absolute Gasteiger partial charge is 0.480 e. The van der Waals surface area contributed by atoms with Crippen molar-refractivity contribution < 1.29 is 14.7 Å². The molecule has 2 atom stereocenters. The number of rotatable bonds is 3. The number of aliphatic carboxylic acids is 1. The van der Waals surface area contributed by atoms with Crippen LogP contribution >= 0.6 is 0 Å². The van der Waals surface area contributed by atoms with Crippen molar-refractivity contribution in [1.29, 1.82) is 0 Å². The van der Waals surface area contributed by atoms with Crippen molar-refractivity contribution in [2.45, 2.75) is 32.7 Å². The minimum atomic E-state index is -0.932. The van der Waals surface area contributed by atoms with Crippen LogP contribution in [-0.4, -0.2) is 41.1 Å². The minimum absolute atomic E-state index is 0.00804. The second-order valence-corrected chi connectivity index (χ2v) is 4.15. The van der Waals surface area contributed by atoms with Gasteiger partial charge in [0.1, 0.15) is 6.04 Å². The first-order valence-electron chi connectivity index (χ1n) is 5.74. The van der Waals surface area contributed by atoms with E-state index in [4.69, 9.17) is 5.11 Å². The first kappa shape index (κ1) is 13.4. The Morgan fingerprint density at radius 1 is 1.53 bits per heavy atom. The number of nitrogens with zero attached hydrogens (tertiary/aromatic N) is 1. The number of nitrogens with one attached hydrogen (secondary N) is 1. The molecular weight excluding hydrogens is 220 g/mol. The Labute approximate surface area is 101 Å². The van der Waals surface area contributed by atoms with Crippen molar-refractivity contribution in [3.05, 3.63) is 0 Å². The molecule has 2 amide bonds. The molecule has 0 aliphatic carbocycles. The molecule has 5 heteroatoms. The molecule has 0 bridgehead atoms. The predicted molar refractivity (Wildman–Crippen MR) is 63.4 cm³/mol. The van der Waals surface area contributed by atoms with Gasteiger partial charge < -0.3 is 15.3 Å². The van der Waals surface area contributed by atoms with Gasteiger partial charge >= 0.3 is 12.0 Å². The van der Waals surface area contributed by atoms with E-state index in [2.05, 4.69) is 17.2 Å². The van der Waals surface area contributed by atoms with E-state index in [1.807, 2.05) is 6.92 Å². The maximum atomic E-state index is 11.8. The summed E-state index contributed by atoms with van der Waals surface area (Å²) in [6.07, 6.45) is 1.32. The Kier molecular flexibility index (Phi) is 4.83. The number of carbonyl (C=O) groups is 2. The zero-order chi connectivity index (χ0) is 12.8. The van der Waals surface area contributed by atoms with Crippen LogP contribution in [-0.2, 0) is 4.79 Å². The highest BCUT2D eigenvalue weighted by atomic mass is 16.4. The molecule has 1 heterocycles. The summed E-state index contributed by atoms with van der Waals surface area (Å²) < 4.78 is 0. The third kappa shape index (κ3) is 3.38. The van der Waals surface area contributed by atoms with Gasteiger partial charge in [-0.1, -0.05) is 6.92 Å². The fourth-order valence-electron chi connectivity index (χ4n) is 2.01. The predicted octanol–water partition coefficient (Wildman–Crippen LogP) is 0.904. The summed E-state index contributed by atoms with van der Waals surface area (Å²) in [7, 11) is 0. The van der Waals surface area contributed by atoms with Crippen molar-refractivity contribution >= 4 is 12.0 Å². The zero-order valence-corrected chi connectivity index (χ0v) is 10.2. The van der Waals surface area contributed by atoms with E-state index < -0.39 is 12.0 Å². The van der Waals surface area contributed by atoms with Gasteiger partial charge in [-0.15, -0.1) is 11.8 Å². The van der Waals surface area contributed by atoms with E-state index in [-0.39, 0.29) is 11.9 Å². The van der Waals surface area contributed by atoms with Gasteiger partial charge in [0, 0.05) is 19.5 Å². The van der Waals surface area contributed by atoms with Crippen molar-refractivity contribution in [1.82, 2.24) is 10.2 Å². The van der Waals surface area contributed by atoms with Crippen molar-refractivity contribution in [3.8, 4) is 11.8 Å². The van der Waals surface area contributed by atoms with Gasteiger partial charge in [-0.25, -0.2) is 9.59 Å². The van der Waals surface area contributed by atoms with Gasteiger partial charge in [-0.3, -0.25) is 0 Å². The molecule has 0 radical (unpaired) electrons. The normalized spacial score (nSPS) is 22.8. The number of carboxylic acid groups (broad SMARTS) is 1. The average molecular weight is 238 g/mol. The minimum Gasteiger partial charge on any atom is -0.480 e. The second kappa shape index (κ2) is 6.14. The molecule has 1 saturated heterocycles. The molecule has 0 aromatic rings. The Bertz CT molecular complexity index is 356. The number of hydrogen-bond donors (Lipinski definition) is 2. The molecule has 0 spiro atoms. The van der Waals surface area contributed by atoms with E-state index in [1.165, 1.54) is 4.90 Å². The van der Waals surface area contributed by atoms with E-state index in [9.17, 15) is 9.59 Å². The summed E-state index contributed by atoms with van der Waals surface area (Å²) in [5.74, 6) is 4.65. The van der Waals surface area contributed by atoms with Gasteiger partial charge in [0.05, 0.1) is 0 Å². The van der Waals surface area contributed by atoms with Crippen molar-refractivity contribution in [2.24, 2.45) is 5.92 Å². The fraction of sp³-hybridized carbons (Fsp3) is 0.667. The fourth-order valence-corrected chi connectivity index (χ4v) is 2.01. The van der Waals surface area contributed by atoms with Crippen LogP contribution in [0.5, 0.6) is 0 Å². The third-order valence-corrected chi connectivity index (χ3v) is 2.92. The molecule has 0 aromatic heterocycles. The molecule has 2 N–H and O–H groups in total. The lowest BCUT2D eigenvalue weighted by atomic mass is 10.0. The Morgan fingerprint density at radius 2 is 2.24 bits per heavy atom. The molecule has 17 heavy (non-hydrogen) atoms. The summed E-state index contributed by atoms with van der Waals surface area (Å²) in [5.41, 5.74) is 0. The number of urea groups is 1. The monoisotopic (exact) mass is 238 g/mol. The quantitative estimate of drug-likeness (QED) is 0.567. The highest BCUT2D eigenvalue weighted by Crippen LogP contribution is 2.23. The smallest absolute Gasteiger partial charge is 0.326 e. The third-order valence-electron chi connectivity index (χ3n) is 2.92. The van der Waals surface area contributed by atoms with Crippen LogP contribution in [0.15, 0.2) is 0 Å². The topological polar surface area (TPSA) is 69.6 Å². The second-order valence-electron chi connectivity index (χ2n) is 4.15. The molecular formula is C12H18N2O3. The van der Waals surface area contributed by atoms with Gasteiger partial charge in [-0.2, -0.15) is 0 Å². The van der Waals surface area contributed by atoms with Crippen LogP contribution in [0, 0.1) is 17.8 Å². The number of amides is 2. The summed E-state index contributed by atoms with van der Waals surface area (Å²) >= 11 is 0. The van der Waals surface area contributed by atoms with Crippen LogP contribution in [0.4, 0.5) is 4.79 Å². The molecule has 1 fully saturated rings. The lowest BCUT2D eigenvalue weighted by Gasteiger charge is -2.23. The van der Waals surface area contributed by atoms with Crippen LogP contribution in [0.3, 0.4) is 0 Å². The summed E-state index contributed by atoms with van der Waals surface area (Å²) in [5, 5.41) is 11.8. The number of carbonyl (C=O) groups excluding carboxylic acids is 1. The summed E-state index contributed by atoms with van der Waals surface area (Å²) in [6.45, 7) is 4.55. The van der Waals surface area contributed by atoms with Gasteiger partial charge in [0.25, 0.3) is 0 Å². The van der Waals surface area contributed by atoms with Crippen molar-refractivity contribution in [2.75, 3.05) is 13.1 Å². The number of likely N-dealkylation sites (tertiary alicyclic amines) is 1. The Balaban J connectivity index is 2.50. The SMILES string of the molecule is CC#CCCNC(=O)N1CCC(C)C1C(=O)O. The molecule has 94 valence electrons. The highest BCUT2D eigenvalue weighted by molar-refractivity contribution is 5.83. The number of hydrogen-bond acceptors (Lipinski definition) is 2. The van der Waals surface area contributed by atoms with Crippen LogP contribution in [0.25, 0.3) is 0 Å². The molecule has 1 aliphatic heterocycles. The molecule has 0 aromatic carbocycles. The molecule has 0 saturated carbocycles. The zero-order valence-electron chi connectivity index (χ0n) is 10.2. The molecule has 1 aliphatic rings. The highest BCUT2D eigenvalue weighted by Gasteiger charge is 2.39. The maximum absolute atomic E-state index is 11.8. The van der Waals surface area contributed by atoms with Crippen LogP contribution in [0.2, 0.25) is 0 Å². The lowest BCUT2D eigenvalue weighted by Crippen LogP contribution is -2.47. The van der Waals surface area contributed by atoms with E-state index in [0.717, 1.165) is 6.42 Å². The van der Waals surface area contributed by atoms with Crippen molar-refractivity contribution in [3.63, 3.8) is 0 Å². The average Bonchev–Trinajstić information content (AvgIpc) is 2.66. The first-order chi connectivity index (χ1) is 8.07. The van der Waals surface area contributed by atoms with E-state index in [1.54, 1.807) is 6.92 Å². The lowest BCUT2D eigenvalue weighted by molar-refractivity contribution is -0.142. The van der Waals surface area contributed by atoms with Gasteiger partial charge in [0.15, 0.2) is 0 Å². The van der Waals surface area contributed by atoms with Gasteiger partial charge in [0.2, 0.25) is 0 Å². The molecule has 2 unspecified atom stereocenters. The number of carboxylic acids is 1. The Morgan fingerprint density at radius 3 is 2.82 bits per heavy atom. The van der Waals surface area contributed by atoms with Crippen LogP contribution in [0.1, 0.15) is 26.7 Å². The van der Waals surface area contributed by atoms with Crippen LogP contribution < -0.4 is 5.32 Å². The molecule has 5 nitrogen and oxygen atoms in total. The first-order valence-corrected chi connectivity index (χ1v) is 5.74. The summed E-state index contributed by atoms with van der Waals surface area (Å²) in [6, 6.07) is -1.01.